The average molecular weight is 314 g/mol. The third-order valence-electron chi connectivity index (χ3n) is 3.12. The van der Waals surface area contributed by atoms with Crippen molar-refractivity contribution < 1.29 is 28.4 Å². The topological polar surface area (TPSA) is 71.1 Å². The molecule has 118 valence electrons. The first-order chi connectivity index (χ1) is 11.2. The van der Waals surface area contributed by atoms with Gasteiger partial charge in [0.25, 0.3) is 0 Å². The van der Waals surface area contributed by atoms with Crippen molar-refractivity contribution in [3.8, 4) is 23.0 Å². The van der Waals surface area contributed by atoms with E-state index in [4.69, 9.17) is 18.8 Å². The van der Waals surface area contributed by atoms with Gasteiger partial charge in [-0.05, 0) is 36.4 Å². The van der Waals surface area contributed by atoms with E-state index in [1.807, 2.05) is 0 Å². The Morgan fingerprint density at radius 3 is 1.57 bits per heavy atom. The van der Waals surface area contributed by atoms with E-state index in [1.165, 1.54) is 14.2 Å². The molecular weight excluding hydrogens is 299 g/mol. The molecular formula is C16H15BO6. The van der Waals surface area contributed by atoms with E-state index in [2.05, 4.69) is 0 Å². The zero-order valence-corrected chi connectivity index (χ0v) is 12.8. The Hall–Kier alpha value is -2.96. The lowest BCUT2D eigenvalue weighted by molar-refractivity contribution is 0.111. The molecule has 0 aliphatic rings. The summed E-state index contributed by atoms with van der Waals surface area (Å²) in [5.41, 5.74) is 0.691. The van der Waals surface area contributed by atoms with E-state index in [-0.39, 0.29) is 7.69 Å². The summed E-state index contributed by atoms with van der Waals surface area (Å²) in [6.07, 6.45) is 1.34. The van der Waals surface area contributed by atoms with Crippen LogP contribution >= 0.6 is 0 Å². The molecule has 0 amide bonds. The fraction of sp³-hybridized carbons (Fsp3) is 0.125. The summed E-state index contributed by atoms with van der Waals surface area (Å²) >= 11 is 0. The molecule has 2 rings (SSSR count). The molecule has 0 saturated carbocycles. The summed E-state index contributed by atoms with van der Waals surface area (Å²) in [6, 6.07) is 9.69. The highest BCUT2D eigenvalue weighted by Gasteiger charge is 2.09. The molecule has 7 heteroatoms. The SMILES string of the molecule is COc1ccc(OBOc2ccc(OC)cc2C=O)c(C=O)c1. The number of methoxy groups -OCH3 is 2. The molecule has 6 nitrogen and oxygen atoms in total. The Balaban J connectivity index is 2.05. The third-order valence-corrected chi connectivity index (χ3v) is 3.12. The lowest BCUT2D eigenvalue weighted by Crippen LogP contribution is -2.13. The van der Waals surface area contributed by atoms with Crippen LogP contribution in [0.3, 0.4) is 0 Å². The maximum absolute atomic E-state index is 11.1. The Morgan fingerprint density at radius 1 is 0.783 bits per heavy atom. The number of hydrogen-bond donors (Lipinski definition) is 0. The minimum atomic E-state index is -0.152. The first kappa shape index (κ1) is 16.4. The number of hydrogen-bond acceptors (Lipinski definition) is 6. The molecule has 0 atom stereocenters. The lowest BCUT2D eigenvalue weighted by atomic mass is 10.2. The molecule has 0 bridgehead atoms. The Labute approximate surface area is 134 Å². The van der Waals surface area contributed by atoms with Crippen LogP contribution in [0.2, 0.25) is 0 Å². The summed E-state index contributed by atoms with van der Waals surface area (Å²) < 4.78 is 20.9. The van der Waals surface area contributed by atoms with Crippen molar-refractivity contribution in [2.75, 3.05) is 14.2 Å². The van der Waals surface area contributed by atoms with Gasteiger partial charge in [-0.2, -0.15) is 0 Å². The second-order valence-electron chi connectivity index (χ2n) is 4.45. The molecule has 0 aromatic heterocycles. The number of ether oxygens (including phenoxy) is 2. The van der Waals surface area contributed by atoms with Crippen LogP contribution in [0.4, 0.5) is 0 Å². The first-order valence-corrected chi connectivity index (χ1v) is 6.74. The monoisotopic (exact) mass is 314 g/mol. The largest absolute Gasteiger partial charge is 0.576 e. The van der Waals surface area contributed by atoms with Crippen LogP contribution in [-0.4, -0.2) is 34.5 Å². The average Bonchev–Trinajstić information content (AvgIpc) is 2.61. The second kappa shape index (κ2) is 7.88. The van der Waals surface area contributed by atoms with E-state index in [9.17, 15) is 9.59 Å². The van der Waals surface area contributed by atoms with Crippen LogP contribution < -0.4 is 18.8 Å². The van der Waals surface area contributed by atoms with Gasteiger partial charge in [-0.15, -0.1) is 0 Å². The molecule has 2 aromatic rings. The summed E-state index contributed by atoms with van der Waals surface area (Å²) in [7, 11) is 2.87. The molecule has 0 unspecified atom stereocenters. The van der Waals surface area contributed by atoms with Crippen molar-refractivity contribution >= 4 is 20.3 Å². The molecule has 2 aromatic carbocycles. The van der Waals surface area contributed by atoms with Gasteiger partial charge in [0.15, 0.2) is 12.6 Å². The zero-order valence-electron chi connectivity index (χ0n) is 12.8. The normalized spacial score (nSPS) is 9.65. The number of aldehydes is 2. The smallest absolute Gasteiger partial charge is 0.528 e. The predicted octanol–water partition coefficient (Wildman–Crippen LogP) is 2.05. The molecule has 0 aliphatic heterocycles. The van der Waals surface area contributed by atoms with Gasteiger partial charge in [0.05, 0.1) is 25.3 Å². The van der Waals surface area contributed by atoms with Crippen LogP contribution in [0.5, 0.6) is 23.0 Å². The summed E-state index contributed by atoms with van der Waals surface area (Å²) in [5.74, 6) is 1.83. The minimum absolute atomic E-state index is 0.152. The molecule has 23 heavy (non-hydrogen) atoms. The van der Waals surface area contributed by atoms with Crippen molar-refractivity contribution in [2.45, 2.75) is 0 Å². The van der Waals surface area contributed by atoms with Crippen LogP contribution in [0.25, 0.3) is 0 Å². The van der Waals surface area contributed by atoms with Gasteiger partial charge < -0.3 is 18.8 Å². The van der Waals surface area contributed by atoms with Gasteiger partial charge in [-0.25, -0.2) is 0 Å². The van der Waals surface area contributed by atoms with Gasteiger partial charge in [-0.3, -0.25) is 9.59 Å². The summed E-state index contributed by atoms with van der Waals surface area (Å²) in [5, 5.41) is 0. The van der Waals surface area contributed by atoms with Crippen LogP contribution in [0.1, 0.15) is 20.7 Å². The van der Waals surface area contributed by atoms with Crippen LogP contribution in [0, 0.1) is 0 Å². The van der Waals surface area contributed by atoms with Crippen molar-refractivity contribution in [3.63, 3.8) is 0 Å². The fourth-order valence-corrected chi connectivity index (χ4v) is 1.91. The highest BCUT2D eigenvalue weighted by Crippen LogP contribution is 2.24. The number of carbonyl (C=O) groups is 2. The standard InChI is InChI=1S/C16H15BO6/c1-20-13-3-5-15(11(7-13)9-18)22-17-23-16-6-4-14(21-2)8-12(16)10-19/h3-10,17H,1-2H3. The summed E-state index contributed by atoms with van der Waals surface area (Å²) in [4.78, 5) is 22.1. The third kappa shape index (κ3) is 4.03. The molecule has 0 saturated heterocycles. The molecule has 0 N–H and O–H groups in total. The lowest BCUT2D eigenvalue weighted by Gasteiger charge is -2.12. The second-order valence-corrected chi connectivity index (χ2v) is 4.45. The van der Waals surface area contributed by atoms with E-state index >= 15 is 0 Å². The van der Waals surface area contributed by atoms with Gasteiger partial charge in [-0.1, -0.05) is 0 Å². The molecule has 0 aliphatic carbocycles. The highest BCUT2D eigenvalue weighted by molar-refractivity contribution is 6.21. The van der Waals surface area contributed by atoms with E-state index < -0.39 is 0 Å². The van der Waals surface area contributed by atoms with Crippen molar-refractivity contribution in [1.82, 2.24) is 0 Å². The number of benzene rings is 2. The Morgan fingerprint density at radius 2 is 1.22 bits per heavy atom. The number of carbonyl (C=O) groups excluding carboxylic acids is 2. The quantitative estimate of drug-likeness (QED) is 0.548. The fourth-order valence-electron chi connectivity index (χ4n) is 1.91. The first-order valence-electron chi connectivity index (χ1n) is 6.74. The molecule has 0 radical (unpaired) electrons. The van der Waals surface area contributed by atoms with Gasteiger partial charge >= 0.3 is 7.69 Å². The van der Waals surface area contributed by atoms with Crippen LogP contribution in [0.15, 0.2) is 36.4 Å². The molecule has 0 fully saturated rings. The Kier molecular flexibility index (Phi) is 5.63. The number of rotatable bonds is 8. The van der Waals surface area contributed by atoms with Gasteiger partial charge in [0, 0.05) is 0 Å². The maximum Gasteiger partial charge on any atom is 0.576 e. The Bertz CT molecular complexity index is 641. The molecule has 0 heterocycles. The predicted molar refractivity (Wildman–Crippen MR) is 85.2 cm³/mol. The van der Waals surface area contributed by atoms with Crippen LogP contribution in [-0.2, 0) is 0 Å². The van der Waals surface area contributed by atoms with Crippen molar-refractivity contribution in [3.05, 3.63) is 47.5 Å². The highest BCUT2D eigenvalue weighted by atomic mass is 16.6. The van der Waals surface area contributed by atoms with E-state index in [1.54, 1.807) is 36.4 Å². The zero-order chi connectivity index (χ0) is 16.7. The maximum atomic E-state index is 11.1. The summed E-state index contributed by atoms with van der Waals surface area (Å²) in [6.45, 7) is 0. The van der Waals surface area contributed by atoms with E-state index in [0.29, 0.717) is 46.7 Å². The minimum Gasteiger partial charge on any atom is -0.528 e. The van der Waals surface area contributed by atoms with Gasteiger partial charge in [0.1, 0.15) is 23.0 Å². The van der Waals surface area contributed by atoms with E-state index in [0.717, 1.165) is 0 Å². The van der Waals surface area contributed by atoms with Crippen molar-refractivity contribution in [1.29, 1.82) is 0 Å². The molecule has 0 spiro atoms. The van der Waals surface area contributed by atoms with Crippen molar-refractivity contribution in [2.24, 2.45) is 0 Å². The van der Waals surface area contributed by atoms with Gasteiger partial charge in [0.2, 0.25) is 0 Å².